The van der Waals surface area contributed by atoms with Crippen LogP contribution in [0.5, 0.6) is 0 Å². The van der Waals surface area contributed by atoms with Gasteiger partial charge in [0.1, 0.15) is 5.82 Å². The van der Waals surface area contributed by atoms with Crippen LogP contribution in [0.1, 0.15) is 12.8 Å². The third kappa shape index (κ3) is 2.65. The van der Waals surface area contributed by atoms with Gasteiger partial charge in [0, 0.05) is 17.1 Å². The molecule has 0 aromatic heterocycles. The quantitative estimate of drug-likeness (QED) is 0.823. The molecule has 1 aliphatic heterocycles. The van der Waals surface area contributed by atoms with E-state index in [1.807, 2.05) is 0 Å². The molecule has 0 unspecified atom stereocenters. The number of hydrogen-bond acceptors (Lipinski definition) is 3. The maximum atomic E-state index is 13.7. The van der Waals surface area contributed by atoms with Crippen molar-refractivity contribution in [2.24, 2.45) is 0 Å². The number of rotatable bonds is 2. The van der Waals surface area contributed by atoms with E-state index in [1.165, 1.54) is 6.07 Å². The van der Waals surface area contributed by atoms with Gasteiger partial charge in [-0.05, 0) is 25.0 Å². The van der Waals surface area contributed by atoms with E-state index >= 15 is 0 Å². The Balaban J connectivity index is 2.14. The lowest BCUT2D eigenvalue weighted by atomic mass is 10.1. The van der Waals surface area contributed by atoms with Gasteiger partial charge >= 0.3 is 0 Å². The maximum Gasteiger partial charge on any atom is 0.149 e. The largest absolute Gasteiger partial charge is 0.397 e. The highest BCUT2D eigenvalue weighted by molar-refractivity contribution is 9.10. The fraction of sp³-hybridized carbons (Fsp3) is 0.455. The van der Waals surface area contributed by atoms with Crippen LogP contribution in [-0.2, 0) is 4.74 Å². The van der Waals surface area contributed by atoms with Crippen LogP contribution < -0.4 is 11.1 Å². The van der Waals surface area contributed by atoms with Crippen LogP contribution in [0.2, 0.25) is 0 Å². The van der Waals surface area contributed by atoms with E-state index in [-0.39, 0.29) is 11.9 Å². The molecule has 16 heavy (non-hydrogen) atoms. The van der Waals surface area contributed by atoms with E-state index in [0.29, 0.717) is 22.5 Å². The topological polar surface area (TPSA) is 47.3 Å². The van der Waals surface area contributed by atoms with E-state index in [1.54, 1.807) is 6.07 Å². The summed E-state index contributed by atoms with van der Waals surface area (Å²) in [5.74, 6) is -0.336. The molecular formula is C11H14BrFN2O. The monoisotopic (exact) mass is 288 g/mol. The first-order valence-corrected chi connectivity index (χ1v) is 6.05. The molecule has 0 aliphatic carbocycles. The molecule has 1 aliphatic rings. The minimum atomic E-state index is -0.336. The lowest BCUT2D eigenvalue weighted by Gasteiger charge is -2.25. The van der Waals surface area contributed by atoms with Crippen LogP contribution in [-0.4, -0.2) is 19.3 Å². The van der Waals surface area contributed by atoms with Crippen molar-refractivity contribution in [3.63, 3.8) is 0 Å². The molecule has 1 saturated heterocycles. The van der Waals surface area contributed by atoms with Gasteiger partial charge < -0.3 is 15.8 Å². The Labute approximate surface area is 102 Å². The normalized spacial score (nSPS) is 20.8. The zero-order chi connectivity index (χ0) is 11.5. The van der Waals surface area contributed by atoms with Gasteiger partial charge in [-0.25, -0.2) is 4.39 Å². The molecule has 88 valence electrons. The molecule has 3 N–H and O–H groups in total. The highest BCUT2D eigenvalue weighted by Gasteiger charge is 2.17. The van der Waals surface area contributed by atoms with Gasteiger partial charge in [0.05, 0.1) is 18.0 Å². The Kier molecular flexibility index (Phi) is 3.66. The molecule has 1 heterocycles. The van der Waals surface area contributed by atoms with Crippen molar-refractivity contribution >= 4 is 27.3 Å². The second kappa shape index (κ2) is 5.01. The average Bonchev–Trinajstić information content (AvgIpc) is 2.25. The zero-order valence-electron chi connectivity index (χ0n) is 8.80. The van der Waals surface area contributed by atoms with Crippen molar-refractivity contribution in [2.45, 2.75) is 18.9 Å². The van der Waals surface area contributed by atoms with E-state index < -0.39 is 0 Å². The number of ether oxygens (including phenoxy) is 1. The first kappa shape index (κ1) is 11.7. The number of hydrogen-bond donors (Lipinski definition) is 2. The summed E-state index contributed by atoms with van der Waals surface area (Å²) in [6.07, 6.45) is 1.98. The number of nitrogen functional groups attached to an aromatic ring is 1. The molecule has 1 fully saturated rings. The van der Waals surface area contributed by atoms with Crippen molar-refractivity contribution in [2.75, 3.05) is 24.3 Å². The van der Waals surface area contributed by atoms with Crippen molar-refractivity contribution < 1.29 is 9.13 Å². The van der Waals surface area contributed by atoms with E-state index in [4.69, 9.17) is 10.5 Å². The molecular weight excluding hydrogens is 275 g/mol. The second-order valence-electron chi connectivity index (χ2n) is 3.91. The fourth-order valence-electron chi connectivity index (χ4n) is 1.80. The summed E-state index contributed by atoms with van der Waals surface area (Å²) in [5.41, 5.74) is 6.55. The summed E-state index contributed by atoms with van der Waals surface area (Å²) in [5, 5.41) is 3.10. The zero-order valence-corrected chi connectivity index (χ0v) is 10.4. The van der Waals surface area contributed by atoms with Gasteiger partial charge in [-0.15, -0.1) is 0 Å². The Morgan fingerprint density at radius 1 is 1.50 bits per heavy atom. The number of nitrogens with two attached hydrogens (primary N) is 1. The first-order chi connectivity index (χ1) is 7.66. The minimum Gasteiger partial charge on any atom is -0.397 e. The van der Waals surface area contributed by atoms with Gasteiger partial charge in [-0.1, -0.05) is 15.9 Å². The van der Waals surface area contributed by atoms with Gasteiger partial charge in [0.15, 0.2) is 0 Å². The highest BCUT2D eigenvalue weighted by atomic mass is 79.9. The second-order valence-corrected chi connectivity index (χ2v) is 4.83. The van der Waals surface area contributed by atoms with Crippen molar-refractivity contribution in [1.82, 2.24) is 0 Å². The minimum absolute atomic E-state index is 0.145. The molecule has 1 aromatic rings. The molecule has 1 aromatic carbocycles. The van der Waals surface area contributed by atoms with Crippen molar-refractivity contribution in [3.05, 3.63) is 22.4 Å². The van der Waals surface area contributed by atoms with Crippen LogP contribution in [0.4, 0.5) is 15.8 Å². The van der Waals surface area contributed by atoms with E-state index in [2.05, 4.69) is 21.2 Å². The predicted molar refractivity (Wildman–Crippen MR) is 66.0 cm³/mol. The standard InChI is InChI=1S/C11H14BrFN2O/c12-7-4-9(13)11(10(14)5-7)15-8-2-1-3-16-6-8/h4-5,8,15H,1-3,6,14H2/t8-/m0/s1. The molecule has 3 nitrogen and oxygen atoms in total. The molecule has 2 rings (SSSR count). The maximum absolute atomic E-state index is 13.7. The predicted octanol–water partition coefficient (Wildman–Crippen LogP) is 2.76. The summed E-state index contributed by atoms with van der Waals surface area (Å²) < 4.78 is 19.6. The lowest BCUT2D eigenvalue weighted by Crippen LogP contribution is -2.30. The lowest BCUT2D eigenvalue weighted by molar-refractivity contribution is 0.0875. The Morgan fingerprint density at radius 3 is 2.94 bits per heavy atom. The smallest absolute Gasteiger partial charge is 0.149 e. The fourth-order valence-corrected chi connectivity index (χ4v) is 2.25. The first-order valence-electron chi connectivity index (χ1n) is 5.25. The molecule has 5 heteroatoms. The summed E-state index contributed by atoms with van der Waals surface area (Å²) in [6.45, 7) is 1.39. The Morgan fingerprint density at radius 2 is 2.31 bits per heavy atom. The molecule has 0 bridgehead atoms. The van der Waals surface area contributed by atoms with Crippen molar-refractivity contribution in [1.29, 1.82) is 0 Å². The third-order valence-corrected chi connectivity index (χ3v) is 3.05. The Hall–Kier alpha value is -0.810. The van der Waals surface area contributed by atoms with Crippen molar-refractivity contribution in [3.8, 4) is 0 Å². The molecule has 0 spiro atoms. The van der Waals surface area contributed by atoms with Gasteiger partial charge in [-0.3, -0.25) is 0 Å². The summed E-state index contributed by atoms with van der Waals surface area (Å²) in [6, 6.07) is 3.24. The number of nitrogens with one attached hydrogen (secondary N) is 1. The van der Waals surface area contributed by atoms with Gasteiger partial charge in [-0.2, -0.15) is 0 Å². The molecule has 0 amide bonds. The molecule has 0 radical (unpaired) electrons. The van der Waals surface area contributed by atoms with Gasteiger partial charge in [0.25, 0.3) is 0 Å². The molecule has 0 saturated carbocycles. The van der Waals surface area contributed by atoms with Crippen LogP contribution in [0.3, 0.4) is 0 Å². The molecule has 1 atom stereocenters. The number of halogens is 2. The number of anilines is 2. The average molecular weight is 289 g/mol. The Bertz CT molecular complexity index is 357. The summed E-state index contributed by atoms with van der Waals surface area (Å²) in [4.78, 5) is 0. The third-order valence-electron chi connectivity index (χ3n) is 2.59. The van der Waals surface area contributed by atoms with Crippen LogP contribution >= 0.6 is 15.9 Å². The van der Waals surface area contributed by atoms with Crippen LogP contribution in [0.25, 0.3) is 0 Å². The highest BCUT2D eigenvalue weighted by Crippen LogP contribution is 2.28. The number of benzene rings is 1. The SMILES string of the molecule is Nc1cc(Br)cc(F)c1N[C@H]1CCCOC1. The summed E-state index contributed by atoms with van der Waals surface area (Å²) in [7, 11) is 0. The summed E-state index contributed by atoms with van der Waals surface area (Å²) >= 11 is 3.20. The van der Waals surface area contributed by atoms with E-state index in [9.17, 15) is 4.39 Å². The van der Waals surface area contributed by atoms with Gasteiger partial charge in [0.2, 0.25) is 0 Å². The van der Waals surface area contributed by atoms with E-state index in [0.717, 1.165) is 19.4 Å². The van der Waals surface area contributed by atoms with Crippen LogP contribution in [0, 0.1) is 5.82 Å². The van der Waals surface area contributed by atoms with Crippen LogP contribution in [0.15, 0.2) is 16.6 Å².